The third-order valence-corrected chi connectivity index (χ3v) is 5.66. The van der Waals surface area contributed by atoms with Crippen LogP contribution in [0, 0.1) is 0 Å². The molecule has 3 amide bonds. The molecule has 0 saturated carbocycles. The van der Waals surface area contributed by atoms with Gasteiger partial charge in [-0.2, -0.15) is 0 Å². The van der Waals surface area contributed by atoms with Gasteiger partial charge in [0.05, 0.1) is 31.9 Å². The van der Waals surface area contributed by atoms with E-state index in [1.165, 1.54) is 4.90 Å². The molecule has 0 N–H and O–H groups in total. The number of anilines is 1. The van der Waals surface area contributed by atoms with Gasteiger partial charge in [-0.3, -0.25) is 19.3 Å². The summed E-state index contributed by atoms with van der Waals surface area (Å²) in [6.07, 6.45) is 0. The Hall–Kier alpha value is -4.13. The molecule has 7 heteroatoms. The quantitative estimate of drug-likeness (QED) is 0.512. The molecule has 0 bridgehead atoms. The summed E-state index contributed by atoms with van der Waals surface area (Å²) >= 11 is 0. The van der Waals surface area contributed by atoms with Crippen molar-refractivity contribution in [3.8, 4) is 11.5 Å². The van der Waals surface area contributed by atoms with Gasteiger partial charge in [0.2, 0.25) is 0 Å². The molecule has 4 rings (SSSR count). The second kappa shape index (κ2) is 9.16. The first-order chi connectivity index (χ1) is 16.0. The van der Waals surface area contributed by atoms with Crippen molar-refractivity contribution < 1.29 is 23.9 Å². The zero-order valence-corrected chi connectivity index (χ0v) is 18.7. The molecule has 33 heavy (non-hydrogen) atoms. The van der Waals surface area contributed by atoms with Gasteiger partial charge in [-0.25, -0.2) is 0 Å². The number of methoxy groups -OCH3 is 2. The molecule has 0 aromatic heterocycles. The Morgan fingerprint density at radius 2 is 1.45 bits per heavy atom. The Morgan fingerprint density at radius 3 is 2.00 bits per heavy atom. The summed E-state index contributed by atoms with van der Waals surface area (Å²) in [5.41, 5.74) is 2.79. The normalized spacial score (nSPS) is 12.5. The molecule has 0 atom stereocenters. The highest BCUT2D eigenvalue weighted by atomic mass is 16.5. The van der Waals surface area contributed by atoms with E-state index >= 15 is 0 Å². The van der Waals surface area contributed by atoms with Crippen LogP contribution in [0.5, 0.6) is 11.5 Å². The van der Waals surface area contributed by atoms with Crippen LogP contribution in [0.15, 0.2) is 66.7 Å². The maximum absolute atomic E-state index is 13.2. The zero-order valence-electron chi connectivity index (χ0n) is 18.7. The number of carbonyl (C=O) groups is 3. The number of imide groups is 1. The second-order valence-corrected chi connectivity index (χ2v) is 7.53. The molecule has 0 saturated heterocycles. The molecule has 1 heterocycles. The highest BCUT2D eigenvalue weighted by molar-refractivity contribution is 6.21. The molecular weight excluding hydrogens is 420 g/mol. The van der Waals surface area contributed by atoms with Gasteiger partial charge < -0.3 is 14.4 Å². The van der Waals surface area contributed by atoms with Crippen LogP contribution >= 0.6 is 0 Å². The second-order valence-electron chi connectivity index (χ2n) is 7.53. The number of rotatable bonds is 7. The standard InChI is InChI=1S/C26H24N2O5/c1-4-27(19-13-14-22(32-2)23(15-19)33-3)24(29)18-11-9-17(10-12-18)16-28-25(30)20-7-5-6-8-21(20)26(28)31/h5-15H,4,16H2,1-3H3. The smallest absolute Gasteiger partial charge is 0.261 e. The van der Waals surface area contributed by atoms with Crippen LogP contribution in [0.3, 0.4) is 0 Å². The minimum absolute atomic E-state index is 0.147. The number of carbonyl (C=O) groups excluding carboxylic acids is 3. The van der Waals surface area contributed by atoms with Gasteiger partial charge in [0.25, 0.3) is 17.7 Å². The van der Waals surface area contributed by atoms with Gasteiger partial charge in [-0.1, -0.05) is 24.3 Å². The van der Waals surface area contributed by atoms with Crippen LogP contribution in [0.4, 0.5) is 5.69 Å². The molecule has 7 nitrogen and oxygen atoms in total. The van der Waals surface area contributed by atoms with Crippen molar-refractivity contribution in [1.29, 1.82) is 0 Å². The fourth-order valence-corrected chi connectivity index (χ4v) is 3.91. The number of hydrogen-bond donors (Lipinski definition) is 0. The van der Waals surface area contributed by atoms with E-state index in [0.717, 1.165) is 5.56 Å². The topological polar surface area (TPSA) is 76.2 Å². The number of amides is 3. The van der Waals surface area contributed by atoms with Crippen molar-refractivity contribution in [2.45, 2.75) is 13.5 Å². The third kappa shape index (κ3) is 4.05. The van der Waals surface area contributed by atoms with Crippen LogP contribution in [0.1, 0.15) is 43.6 Å². The lowest BCUT2D eigenvalue weighted by atomic mass is 10.1. The van der Waals surface area contributed by atoms with Gasteiger partial charge in [-0.05, 0) is 48.9 Å². The van der Waals surface area contributed by atoms with E-state index < -0.39 is 0 Å². The Bertz CT molecular complexity index is 1180. The predicted molar refractivity (Wildman–Crippen MR) is 124 cm³/mol. The van der Waals surface area contributed by atoms with Crippen molar-refractivity contribution in [2.75, 3.05) is 25.7 Å². The molecule has 0 aliphatic carbocycles. The minimum Gasteiger partial charge on any atom is -0.493 e. The molecule has 0 fully saturated rings. The predicted octanol–water partition coefficient (Wildman–Crippen LogP) is 4.17. The van der Waals surface area contributed by atoms with Crippen LogP contribution in [-0.2, 0) is 6.54 Å². The minimum atomic E-state index is -0.304. The molecule has 0 unspecified atom stereocenters. The van der Waals surface area contributed by atoms with E-state index in [-0.39, 0.29) is 24.3 Å². The number of fused-ring (bicyclic) bond motifs is 1. The van der Waals surface area contributed by atoms with Gasteiger partial charge in [0.1, 0.15) is 0 Å². The Labute approximate surface area is 192 Å². The molecular formula is C26H24N2O5. The fraction of sp³-hybridized carbons (Fsp3) is 0.192. The van der Waals surface area contributed by atoms with Crippen LogP contribution in [-0.4, -0.2) is 43.4 Å². The summed E-state index contributed by atoms with van der Waals surface area (Å²) < 4.78 is 10.6. The number of nitrogens with zero attached hydrogens (tertiary/aromatic N) is 2. The van der Waals surface area contributed by atoms with Crippen molar-refractivity contribution in [1.82, 2.24) is 4.90 Å². The zero-order chi connectivity index (χ0) is 23.5. The number of hydrogen-bond acceptors (Lipinski definition) is 5. The summed E-state index contributed by atoms with van der Waals surface area (Å²) in [5.74, 6) is 0.347. The maximum atomic E-state index is 13.2. The molecule has 1 aliphatic rings. The van der Waals surface area contributed by atoms with Crippen molar-refractivity contribution in [3.05, 3.63) is 89.0 Å². The van der Waals surface area contributed by atoms with Crippen LogP contribution in [0.25, 0.3) is 0 Å². The van der Waals surface area contributed by atoms with Crippen LogP contribution in [0.2, 0.25) is 0 Å². The van der Waals surface area contributed by atoms with Crippen molar-refractivity contribution >= 4 is 23.4 Å². The lowest BCUT2D eigenvalue weighted by Gasteiger charge is -2.22. The average Bonchev–Trinajstić information content (AvgIpc) is 3.09. The summed E-state index contributed by atoms with van der Waals surface area (Å²) in [6.45, 7) is 2.50. The Balaban J connectivity index is 1.51. The van der Waals surface area contributed by atoms with E-state index in [9.17, 15) is 14.4 Å². The third-order valence-electron chi connectivity index (χ3n) is 5.66. The highest BCUT2D eigenvalue weighted by Gasteiger charge is 2.34. The highest BCUT2D eigenvalue weighted by Crippen LogP contribution is 2.32. The monoisotopic (exact) mass is 444 g/mol. The lowest BCUT2D eigenvalue weighted by molar-refractivity contribution is 0.0642. The van der Waals surface area contributed by atoms with Gasteiger partial charge in [0, 0.05) is 23.9 Å². The van der Waals surface area contributed by atoms with Gasteiger partial charge in [-0.15, -0.1) is 0 Å². The molecule has 1 aliphatic heterocycles. The van der Waals surface area contributed by atoms with E-state index in [4.69, 9.17) is 9.47 Å². The summed E-state index contributed by atoms with van der Waals surface area (Å²) in [6, 6.07) is 19.1. The summed E-state index contributed by atoms with van der Waals surface area (Å²) in [7, 11) is 3.11. The first kappa shape index (κ1) is 22.1. The van der Waals surface area contributed by atoms with Crippen molar-refractivity contribution in [3.63, 3.8) is 0 Å². The molecule has 168 valence electrons. The molecule has 3 aromatic carbocycles. The first-order valence-corrected chi connectivity index (χ1v) is 10.6. The summed E-state index contributed by atoms with van der Waals surface area (Å²) in [5, 5.41) is 0. The van der Waals surface area contributed by atoms with E-state index in [0.29, 0.717) is 40.4 Å². The molecule has 0 spiro atoms. The largest absolute Gasteiger partial charge is 0.493 e. The summed E-state index contributed by atoms with van der Waals surface area (Å²) in [4.78, 5) is 41.2. The van der Waals surface area contributed by atoms with Gasteiger partial charge in [0.15, 0.2) is 11.5 Å². The maximum Gasteiger partial charge on any atom is 0.261 e. The first-order valence-electron chi connectivity index (χ1n) is 10.6. The van der Waals surface area contributed by atoms with E-state index in [1.807, 2.05) is 6.92 Å². The SMILES string of the molecule is CCN(C(=O)c1ccc(CN2C(=O)c3ccccc3C2=O)cc1)c1ccc(OC)c(OC)c1. The molecule has 0 radical (unpaired) electrons. The van der Waals surface area contributed by atoms with Crippen molar-refractivity contribution in [2.24, 2.45) is 0 Å². The fourth-order valence-electron chi connectivity index (χ4n) is 3.91. The molecule has 3 aromatic rings. The van der Waals surface area contributed by atoms with Crippen LogP contribution < -0.4 is 14.4 Å². The number of ether oxygens (including phenoxy) is 2. The van der Waals surface area contributed by atoms with E-state index in [1.54, 1.807) is 85.8 Å². The van der Waals surface area contributed by atoms with E-state index in [2.05, 4.69) is 0 Å². The lowest BCUT2D eigenvalue weighted by Crippen LogP contribution is -2.31. The van der Waals surface area contributed by atoms with Gasteiger partial charge >= 0.3 is 0 Å². The Kier molecular flexibility index (Phi) is 6.13. The Morgan fingerprint density at radius 1 is 0.848 bits per heavy atom. The number of benzene rings is 3. The average molecular weight is 444 g/mol.